The van der Waals surface area contributed by atoms with Gasteiger partial charge in [0.05, 0.1) is 22.7 Å². The highest BCUT2D eigenvalue weighted by Gasteiger charge is 2.41. The van der Waals surface area contributed by atoms with Gasteiger partial charge in [0.2, 0.25) is 0 Å². The summed E-state index contributed by atoms with van der Waals surface area (Å²) in [4.78, 5) is 3.37. The number of aryl methyl sites for hydroxylation is 2. The van der Waals surface area contributed by atoms with Crippen LogP contribution >= 0.6 is 0 Å². The molecule has 0 saturated heterocycles. The number of nitrogens with one attached hydrogen (secondary N) is 2. The van der Waals surface area contributed by atoms with Crippen molar-refractivity contribution in [3.05, 3.63) is 88.1 Å². The molecule has 3 nitrogen and oxygen atoms in total. The highest BCUT2D eigenvalue weighted by Crippen LogP contribution is 2.46. The quantitative estimate of drug-likeness (QED) is 0.236. The number of aliphatic hydroxyl groups is 1. The molecule has 3 N–H and O–H groups in total. The Bertz CT molecular complexity index is 1580. The number of anilines is 1. The molecule has 0 saturated carbocycles. The Morgan fingerprint density at radius 2 is 1.68 bits per heavy atom. The molecule has 2 heterocycles. The van der Waals surface area contributed by atoms with Crippen molar-refractivity contribution in [3.8, 4) is 23.0 Å². The number of hydrogen-bond donors (Lipinski definition) is 3. The number of rotatable bonds is 1. The smallest absolute Gasteiger partial charge is 0.390 e. The van der Waals surface area contributed by atoms with Gasteiger partial charge in [-0.3, -0.25) is 0 Å². The van der Waals surface area contributed by atoms with Crippen molar-refractivity contribution in [1.29, 1.82) is 0 Å². The molecule has 6 heteroatoms. The fraction of sp³-hybridized carbons (Fsp3) is 0.290. The minimum atomic E-state index is -4.44. The molecule has 1 aromatic heterocycles. The minimum absolute atomic E-state index is 0.250. The van der Waals surface area contributed by atoms with Crippen molar-refractivity contribution in [2.75, 3.05) is 5.32 Å². The van der Waals surface area contributed by atoms with Gasteiger partial charge in [0.25, 0.3) is 0 Å². The van der Waals surface area contributed by atoms with Gasteiger partial charge in [-0.2, -0.15) is 13.2 Å². The fourth-order valence-corrected chi connectivity index (χ4v) is 5.42. The molecular weight excluding hydrogens is 473 g/mol. The van der Waals surface area contributed by atoms with E-state index in [1.54, 1.807) is 6.07 Å². The van der Waals surface area contributed by atoms with Gasteiger partial charge in [-0.05, 0) is 68.7 Å². The zero-order valence-electron chi connectivity index (χ0n) is 21.4. The van der Waals surface area contributed by atoms with Crippen LogP contribution in [0.1, 0.15) is 60.1 Å². The van der Waals surface area contributed by atoms with Crippen molar-refractivity contribution < 1.29 is 18.3 Å². The molecule has 0 amide bonds. The van der Waals surface area contributed by atoms with Crippen LogP contribution in [-0.4, -0.2) is 21.7 Å². The average molecular weight is 503 g/mol. The number of aromatic nitrogens is 1. The van der Waals surface area contributed by atoms with Crippen molar-refractivity contribution in [3.63, 3.8) is 0 Å². The summed E-state index contributed by atoms with van der Waals surface area (Å²) in [6, 6.07) is 13.2. The van der Waals surface area contributed by atoms with E-state index in [0.717, 1.165) is 56.5 Å². The lowest BCUT2D eigenvalue weighted by molar-refractivity contribution is -0.137. The zero-order valence-corrected chi connectivity index (χ0v) is 21.4. The molecule has 0 spiro atoms. The van der Waals surface area contributed by atoms with Crippen molar-refractivity contribution in [1.82, 2.24) is 4.98 Å². The van der Waals surface area contributed by atoms with Crippen LogP contribution in [0.25, 0.3) is 22.0 Å². The molecule has 190 valence electrons. The molecule has 1 aliphatic heterocycles. The number of alkyl halides is 3. The summed E-state index contributed by atoms with van der Waals surface area (Å²) in [7, 11) is 0. The van der Waals surface area contributed by atoms with E-state index in [4.69, 9.17) is 0 Å². The predicted molar refractivity (Wildman–Crippen MR) is 143 cm³/mol. The van der Waals surface area contributed by atoms with Crippen LogP contribution in [0.5, 0.6) is 0 Å². The standard InChI is InChI=1S/C31H29F3N2O/c1-17-14-25(24-11-7-10-22-18(2)16-35-28(22)24)23(26-19(3)29(37)30(4,5)36-27(17)26)13-12-20-8-6-9-21(15-20)31(32,33)34/h6-11,14-16,19,29,35-37H,1-5H3/t19-,29+/m1/s1. The van der Waals surface area contributed by atoms with Gasteiger partial charge < -0.3 is 15.4 Å². The van der Waals surface area contributed by atoms with Gasteiger partial charge in [0, 0.05) is 45.4 Å². The third kappa shape index (κ3) is 4.28. The van der Waals surface area contributed by atoms with E-state index in [1.807, 2.05) is 52.9 Å². The van der Waals surface area contributed by atoms with Gasteiger partial charge in [0.15, 0.2) is 0 Å². The number of aromatic amines is 1. The van der Waals surface area contributed by atoms with Crippen LogP contribution in [0.4, 0.5) is 18.9 Å². The summed E-state index contributed by atoms with van der Waals surface area (Å²) in [5, 5.41) is 15.8. The van der Waals surface area contributed by atoms with E-state index < -0.39 is 23.4 Å². The number of fused-ring (bicyclic) bond motifs is 2. The molecule has 2 atom stereocenters. The monoisotopic (exact) mass is 502 g/mol. The molecule has 1 aliphatic rings. The second-order valence-corrected chi connectivity index (χ2v) is 10.5. The molecule has 5 rings (SSSR count). The van der Waals surface area contributed by atoms with Crippen LogP contribution in [-0.2, 0) is 6.18 Å². The Balaban J connectivity index is 1.80. The van der Waals surface area contributed by atoms with Crippen molar-refractivity contribution in [2.45, 2.75) is 58.4 Å². The third-order valence-corrected chi connectivity index (χ3v) is 7.41. The van der Waals surface area contributed by atoms with Crippen LogP contribution in [0.3, 0.4) is 0 Å². The first-order chi connectivity index (χ1) is 17.4. The molecule has 0 unspecified atom stereocenters. The predicted octanol–water partition coefficient (Wildman–Crippen LogP) is 7.54. The maximum atomic E-state index is 13.3. The SMILES string of the molecule is Cc1cc(-c2cccc3c(C)c[nH]c23)c(C#Cc2cccc(C(F)(F)F)c2)c2c1NC(C)(C)[C@@H](O)[C@@H]2C. The van der Waals surface area contributed by atoms with E-state index in [1.165, 1.54) is 6.07 Å². The van der Waals surface area contributed by atoms with Gasteiger partial charge in [-0.1, -0.05) is 43.0 Å². The topological polar surface area (TPSA) is 48.0 Å². The van der Waals surface area contributed by atoms with Crippen LogP contribution < -0.4 is 5.32 Å². The first-order valence-corrected chi connectivity index (χ1v) is 12.3. The van der Waals surface area contributed by atoms with E-state index in [-0.39, 0.29) is 11.5 Å². The second kappa shape index (κ2) is 8.71. The lowest BCUT2D eigenvalue weighted by atomic mass is 9.75. The number of hydrogen-bond acceptors (Lipinski definition) is 2. The number of para-hydroxylation sites is 1. The molecule has 37 heavy (non-hydrogen) atoms. The van der Waals surface area contributed by atoms with E-state index in [2.05, 4.69) is 34.3 Å². The van der Waals surface area contributed by atoms with E-state index >= 15 is 0 Å². The summed E-state index contributed by atoms with van der Waals surface area (Å²) in [5.74, 6) is 5.97. The highest BCUT2D eigenvalue weighted by atomic mass is 19.4. The Morgan fingerprint density at radius 1 is 0.946 bits per heavy atom. The number of benzene rings is 3. The number of aliphatic hydroxyl groups excluding tert-OH is 1. The molecule has 0 aliphatic carbocycles. The third-order valence-electron chi connectivity index (χ3n) is 7.41. The second-order valence-electron chi connectivity index (χ2n) is 10.5. The van der Waals surface area contributed by atoms with Crippen LogP contribution in [0.2, 0.25) is 0 Å². The first-order valence-electron chi connectivity index (χ1n) is 12.3. The Hall–Kier alpha value is -3.69. The summed E-state index contributed by atoms with van der Waals surface area (Å²) in [6.07, 6.45) is -3.17. The Morgan fingerprint density at radius 3 is 2.41 bits per heavy atom. The van der Waals surface area contributed by atoms with Gasteiger partial charge >= 0.3 is 6.18 Å². The van der Waals surface area contributed by atoms with E-state index in [9.17, 15) is 18.3 Å². The number of halogens is 3. The zero-order chi connectivity index (χ0) is 26.7. The maximum absolute atomic E-state index is 13.3. The first kappa shape index (κ1) is 25.0. The fourth-order valence-electron chi connectivity index (χ4n) is 5.42. The van der Waals surface area contributed by atoms with Crippen molar-refractivity contribution in [2.24, 2.45) is 0 Å². The molecule has 0 bridgehead atoms. The summed E-state index contributed by atoms with van der Waals surface area (Å²) >= 11 is 0. The van der Waals surface area contributed by atoms with Gasteiger partial charge in [-0.25, -0.2) is 0 Å². The van der Waals surface area contributed by atoms with E-state index in [0.29, 0.717) is 5.56 Å². The van der Waals surface area contributed by atoms with Crippen LogP contribution in [0.15, 0.2) is 54.7 Å². The molecule has 0 fully saturated rings. The lowest BCUT2D eigenvalue weighted by Gasteiger charge is -2.43. The maximum Gasteiger partial charge on any atom is 0.416 e. The summed E-state index contributed by atoms with van der Waals surface area (Å²) < 4.78 is 39.9. The number of H-pyrrole nitrogens is 1. The Labute approximate surface area is 214 Å². The largest absolute Gasteiger partial charge is 0.416 e. The molecular formula is C31H29F3N2O. The average Bonchev–Trinajstić information content (AvgIpc) is 3.23. The highest BCUT2D eigenvalue weighted by molar-refractivity contribution is 5.98. The molecule has 0 radical (unpaired) electrons. The van der Waals surface area contributed by atoms with Crippen LogP contribution in [0, 0.1) is 25.7 Å². The Kier molecular flexibility index (Phi) is 5.88. The molecule has 4 aromatic rings. The minimum Gasteiger partial charge on any atom is -0.390 e. The van der Waals surface area contributed by atoms with Gasteiger partial charge in [-0.15, -0.1) is 0 Å². The lowest BCUT2D eigenvalue weighted by Crippen LogP contribution is -2.50. The normalized spacial score (nSPS) is 18.6. The van der Waals surface area contributed by atoms with Gasteiger partial charge in [0.1, 0.15) is 0 Å². The summed E-state index contributed by atoms with van der Waals surface area (Å²) in [6.45, 7) is 9.96. The molecule has 3 aromatic carbocycles. The summed E-state index contributed by atoms with van der Waals surface area (Å²) in [5.41, 5.74) is 6.42. The van der Waals surface area contributed by atoms with Crippen molar-refractivity contribution >= 4 is 16.6 Å².